The second-order valence-electron chi connectivity index (χ2n) is 27.0. The summed E-state index contributed by atoms with van der Waals surface area (Å²) in [5, 5.41) is 87.9. The van der Waals surface area contributed by atoms with Gasteiger partial charge in [0.15, 0.2) is 0 Å². The van der Waals surface area contributed by atoms with E-state index in [0.29, 0.717) is 118 Å². The van der Waals surface area contributed by atoms with Crippen molar-refractivity contribution < 1.29 is 79.1 Å². The van der Waals surface area contributed by atoms with Crippen LogP contribution in [0.1, 0.15) is 192 Å². The molecule has 4 aromatic carbocycles. The molecule has 0 saturated carbocycles. The molecule has 4 rings (SSSR count). The van der Waals surface area contributed by atoms with E-state index in [2.05, 4.69) is 112 Å². The van der Waals surface area contributed by atoms with Crippen molar-refractivity contribution in [1.82, 2.24) is 0 Å². The summed E-state index contributed by atoms with van der Waals surface area (Å²) in [6.07, 6.45) is 43.2. The van der Waals surface area contributed by atoms with Crippen molar-refractivity contribution in [2.75, 3.05) is 7.11 Å². The Morgan fingerprint density at radius 1 is 0.366 bits per heavy atom. The predicted molar refractivity (Wildman–Crippen MR) is 493 cm³/mol. The normalized spacial score (nSPS) is 12.8. The zero-order valence-corrected chi connectivity index (χ0v) is 72.5. The molecule has 0 aromatic heterocycles. The molecule has 9 atom stereocenters. The van der Waals surface area contributed by atoms with E-state index in [1.54, 1.807) is 166 Å². The third kappa shape index (κ3) is 74.9. The molecule has 0 heterocycles. The van der Waals surface area contributed by atoms with Gasteiger partial charge in [0.1, 0.15) is 64.9 Å². The highest BCUT2D eigenvalue weighted by molar-refractivity contribution is 6.42. The molecule has 18 heteroatoms. The molecule has 15 nitrogen and oxygen atoms in total. The number of hydrogen-bond acceptors (Lipinski definition) is 15. The lowest BCUT2D eigenvalue weighted by Crippen LogP contribution is -2.03. The molecular formula is C105H115Cl2FO15. The number of carbonyl (C=O) groups excluding carboxylic acids is 5. The molecule has 9 N–H and O–H groups in total. The van der Waals surface area contributed by atoms with Gasteiger partial charge in [-0.3, -0.25) is 0 Å². The topological polar surface area (TPSA) is 277 Å². The molecule has 0 spiro atoms. The highest BCUT2D eigenvalue weighted by Gasteiger charge is 2.06. The van der Waals surface area contributed by atoms with Gasteiger partial charge in [-0.25, -0.2) is 4.39 Å². The van der Waals surface area contributed by atoms with Gasteiger partial charge in [0.05, 0.1) is 47.7 Å². The van der Waals surface area contributed by atoms with Gasteiger partial charge in [0.25, 0.3) is 0 Å². The van der Waals surface area contributed by atoms with Crippen LogP contribution in [0.25, 0.3) is 0 Å². The van der Waals surface area contributed by atoms with Crippen molar-refractivity contribution in [1.29, 1.82) is 0 Å². The molecule has 0 aliphatic rings. The van der Waals surface area contributed by atoms with Crippen molar-refractivity contribution in [2.24, 2.45) is 0 Å². The number of halogens is 3. The number of aliphatic hydroxyl groups is 9. The molecular weight excluding hydrogens is 1590 g/mol. The Kier molecular flexibility index (Phi) is 69.0. The number of carbonyl (C=O) groups is 5. The summed E-state index contributed by atoms with van der Waals surface area (Å²) >= 11 is 11.8. The van der Waals surface area contributed by atoms with Gasteiger partial charge < -0.3 is 74.7 Å². The maximum absolute atomic E-state index is 12.8. The zero-order chi connectivity index (χ0) is 91.1. The predicted octanol–water partition coefficient (Wildman–Crippen LogP) is 16.2. The van der Waals surface area contributed by atoms with Crippen LogP contribution in [-0.2, 0) is 24.0 Å². The molecule has 0 bridgehead atoms. The summed E-state index contributed by atoms with van der Waals surface area (Å²) in [6.45, 7) is 7.73. The summed E-state index contributed by atoms with van der Waals surface area (Å²) in [5.74, 6) is 54.4. The van der Waals surface area contributed by atoms with Crippen molar-refractivity contribution in [3.8, 4) is 125 Å². The van der Waals surface area contributed by atoms with E-state index in [-0.39, 0.29) is 47.6 Å². The Labute approximate surface area is 739 Å². The maximum atomic E-state index is 12.8. The number of ether oxygens (including phenoxy) is 1. The first-order valence-electron chi connectivity index (χ1n) is 40.2. The number of methoxy groups -OCH3 is 1. The van der Waals surface area contributed by atoms with Crippen LogP contribution in [0, 0.1) is 125 Å². The fourth-order valence-electron chi connectivity index (χ4n) is 9.04. The van der Waals surface area contributed by atoms with Crippen molar-refractivity contribution >= 4 is 52.1 Å². The number of benzene rings is 4. The van der Waals surface area contributed by atoms with Gasteiger partial charge in [0.2, 0.25) is 0 Å². The molecule has 0 aliphatic heterocycles. The molecule has 0 unspecified atom stereocenters. The lowest BCUT2D eigenvalue weighted by molar-refractivity contribution is -0.118. The van der Waals surface area contributed by atoms with E-state index in [4.69, 9.17) is 34.4 Å². The first kappa shape index (κ1) is 111. The Bertz CT molecular complexity index is 4770. The van der Waals surface area contributed by atoms with Crippen LogP contribution in [0.4, 0.5) is 4.39 Å². The van der Waals surface area contributed by atoms with Crippen LogP contribution in [-0.4, -0.2) is 137 Å². The monoisotopic (exact) mass is 1700 g/mol. The molecule has 0 radical (unpaired) electrons. The molecule has 123 heavy (non-hydrogen) atoms. The Balaban J connectivity index is 0.00000152. The number of aliphatic hydroxyl groups excluding tert-OH is 9. The number of terminal acetylenes is 1. The highest BCUT2D eigenvalue weighted by atomic mass is 35.5. The van der Waals surface area contributed by atoms with E-state index in [0.717, 1.165) is 41.7 Å². The average Bonchev–Trinajstić information content (AvgIpc) is 0.881. The minimum absolute atomic E-state index is 0.108. The van der Waals surface area contributed by atoms with E-state index >= 15 is 0 Å². The van der Waals surface area contributed by atoms with Crippen LogP contribution in [0.3, 0.4) is 0 Å². The molecule has 0 saturated heterocycles. The van der Waals surface area contributed by atoms with Crippen molar-refractivity contribution in [2.45, 2.75) is 224 Å². The molecule has 0 aliphatic carbocycles. The fourth-order valence-corrected chi connectivity index (χ4v) is 9.33. The lowest BCUT2D eigenvalue weighted by atomic mass is 10.1. The first-order chi connectivity index (χ1) is 59.1. The Morgan fingerprint density at radius 3 is 0.992 bits per heavy atom. The van der Waals surface area contributed by atoms with Gasteiger partial charge in [-0.1, -0.05) is 239 Å². The standard InChI is InChI=1S/C23H26O4.C22H22Cl2O3.C22H23FO3.C22H24O3.C16H20O2/c1-19(24)9-7-13-21(25)11-5-3-4-6-12-22(26)14-8-10-20-15-17-23(27-2)18-16-20;1-17(25)8-6-12-19(26)10-4-2-3-5-11-20(27)13-7-9-18-14-15-21(23)22(24)16-18;1-18(24)8-6-12-21(25)10-4-2-3-5-11-22(26)13-7-9-19-14-16-20(23)17-15-19;1-19(23)11-9-17-21(24)15-7-2-3-8-16-22(25)18-10-14-20-12-5-4-6-13-20;1-3-12-16(18)14-11-9-7-5-4-6-8-10-13-15(2)17/h3-4,6,12,15-18,21-22,25-26H,7,9,13-14H2,1-2H3;2-3,5,11,14-16,19-20,26-27H,6,8,12-13H2,1H3;2-3,5,11,14-17,21-22,25-26H,6,8,12-13H2,1H3;2-6,8,12-13,16,21-22,24-25H,9,11,17-18H2,1H3;1,7,9,11,14,16,18H,6,8,10,12-13H2,2H3/b4-3+,12-6+;2*3-2+,11-5+;3-2+,16-8+;9-7+,14-11+/t21-,22+;19-,20+;2*21-,22+;16-/m11111/s1. The largest absolute Gasteiger partial charge is 0.497 e. The first-order valence-corrected chi connectivity index (χ1v) is 40.9. The number of ketones is 5. The van der Waals surface area contributed by atoms with Crippen LogP contribution >= 0.6 is 23.2 Å². The summed E-state index contributed by atoms with van der Waals surface area (Å²) in [6, 6.07) is 28.0. The second-order valence-corrected chi connectivity index (χ2v) is 27.9. The Hall–Kier alpha value is -11.8. The fraction of sp³-hybridized carbons (Fsp3) is 0.343. The van der Waals surface area contributed by atoms with Gasteiger partial charge >= 0.3 is 0 Å². The number of rotatable bonds is 36. The number of allylic oxidation sites excluding steroid dienone is 15. The number of hydrogen-bond donors (Lipinski definition) is 9. The minimum Gasteiger partial charge on any atom is -0.497 e. The quantitative estimate of drug-likeness (QED) is 0.0116. The third-order valence-corrected chi connectivity index (χ3v) is 16.2. The van der Waals surface area contributed by atoms with Gasteiger partial charge in [0, 0.05) is 92.9 Å². The Morgan fingerprint density at radius 2 is 0.667 bits per heavy atom. The van der Waals surface area contributed by atoms with E-state index in [9.17, 15) is 74.3 Å². The smallest absolute Gasteiger partial charge is 0.129 e. The highest BCUT2D eigenvalue weighted by Crippen LogP contribution is 2.22. The zero-order valence-electron chi connectivity index (χ0n) is 71.0. The lowest BCUT2D eigenvalue weighted by Gasteiger charge is -2.00. The molecule has 646 valence electrons. The maximum Gasteiger partial charge on any atom is 0.129 e. The third-order valence-electron chi connectivity index (χ3n) is 15.5. The van der Waals surface area contributed by atoms with Gasteiger partial charge in [-0.05, 0) is 208 Å². The van der Waals surface area contributed by atoms with Crippen LogP contribution < -0.4 is 4.74 Å². The summed E-state index contributed by atoms with van der Waals surface area (Å²) in [4.78, 5) is 53.8. The van der Waals surface area contributed by atoms with Crippen molar-refractivity contribution in [3.63, 3.8) is 0 Å². The average molecular weight is 1710 g/mol. The van der Waals surface area contributed by atoms with E-state index < -0.39 is 54.9 Å². The molecule has 0 fully saturated rings. The summed E-state index contributed by atoms with van der Waals surface area (Å²) < 4.78 is 17.8. The van der Waals surface area contributed by atoms with E-state index in [1.165, 1.54) is 39.8 Å². The van der Waals surface area contributed by atoms with Gasteiger partial charge in [-0.15, -0.1) is 12.3 Å². The van der Waals surface area contributed by atoms with Gasteiger partial charge in [-0.2, -0.15) is 0 Å². The second kappa shape index (κ2) is 76.3. The number of Topliss-reactive ketones (excluding diaryl/α,β-unsaturated/α-hetero) is 5. The van der Waals surface area contributed by atoms with Crippen LogP contribution in [0.15, 0.2) is 219 Å². The summed E-state index contributed by atoms with van der Waals surface area (Å²) in [5.41, 5.74) is 3.22. The van der Waals surface area contributed by atoms with Crippen LogP contribution in [0.2, 0.25) is 10.0 Å². The van der Waals surface area contributed by atoms with Crippen LogP contribution in [0.5, 0.6) is 5.75 Å². The molecule has 0 amide bonds. The number of unbranched alkanes of at least 4 members (excludes halogenated alkanes) is 2. The summed E-state index contributed by atoms with van der Waals surface area (Å²) in [7, 11) is 1.61. The van der Waals surface area contributed by atoms with Crippen molar-refractivity contribution in [3.05, 3.63) is 257 Å². The SMILES string of the molecule is C#CC[C@@H](O)/C=C/C=C/C#CCCCCC(C)=O.CC(=O)CCC[C@H](O)C#C/C=C/C=C/[C@H](O)CC#Cc1ccc(Cl)c(Cl)c1.CC(=O)CCC[C@H](O)C#C/C=C/C=C/[C@H](O)CC#Cc1ccc(F)cc1.CC(=O)CCC[C@H](O)C#C/C=C/C=C/[C@H](O)CC#Cc1ccccc1.COc1ccc(C#CC[C@@H](O)/C=C/C=C/C#C[C@@H](O)CCCC(C)=O)cc1. The minimum atomic E-state index is -0.740. The van der Waals surface area contributed by atoms with E-state index in [1.807, 2.05) is 54.6 Å². The molecule has 4 aromatic rings.